The monoisotopic (exact) mass is 371 g/mol. The van der Waals surface area contributed by atoms with E-state index in [0.29, 0.717) is 18.8 Å². The van der Waals surface area contributed by atoms with Crippen LogP contribution in [0.4, 0.5) is 0 Å². The van der Waals surface area contributed by atoms with E-state index < -0.39 is 0 Å². The number of benzene rings is 1. The first-order valence-corrected chi connectivity index (χ1v) is 7.82. The fraction of sp³-hybridized carbons (Fsp3) is 0.125. The highest BCUT2D eigenvalue weighted by Gasteiger charge is 2.08. The maximum Gasteiger partial charge on any atom is 0.224 e. The molecule has 0 saturated carbocycles. The fourth-order valence-corrected chi connectivity index (χ4v) is 2.40. The molecule has 0 aliphatic heterocycles. The van der Waals surface area contributed by atoms with E-state index in [0.717, 1.165) is 15.6 Å². The van der Waals surface area contributed by atoms with Crippen LogP contribution in [0.2, 0.25) is 0 Å². The Kier molecular flexibility index (Phi) is 4.77. The zero-order valence-electron chi connectivity index (χ0n) is 12.2. The number of halogens is 1. The number of pyridine rings is 1. The van der Waals surface area contributed by atoms with Crippen LogP contribution in [0.5, 0.6) is 0 Å². The van der Waals surface area contributed by atoms with Gasteiger partial charge in [0.2, 0.25) is 5.91 Å². The molecule has 3 aromatic rings. The zero-order valence-corrected chi connectivity index (χ0v) is 13.8. The first kappa shape index (κ1) is 15.4. The van der Waals surface area contributed by atoms with Crippen molar-refractivity contribution in [2.75, 3.05) is 0 Å². The second-order valence-electron chi connectivity index (χ2n) is 4.91. The molecule has 1 aromatic carbocycles. The Bertz CT molecular complexity index is 786. The molecule has 0 unspecified atom stereocenters. The summed E-state index contributed by atoms with van der Waals surface area (Å²) in [6.45, 7) is 0.387. The van der Waals surface area contributed by atoms with Crippen molar-refractivity contribution in [3.05, 3.63) is 70.8 Å². The van der Waals surface area contributed by atoms with Crippen LogP contribution in [0.1, 0.15) is 11.1 Å². The van der Waals surface area contributed by atoms with Crippen LogP contribution in [-0.2, 0) is 17.8 Å². The van der Waals surface area contributed by atoms with Crippen LogP contribution in [0.25, 0.3) is 5.82 Å². The highest BCUT2D eigenvalue weighted by atomic mass is 79.9. The van der Waals surface area contributed by atoms with Gasteiger partial charge >= 0.3 is 0 Å². The van der Waals surface area contributed by atoms with Crippen molar-refractivity contribution in [3.63, 3.8) is 0 Å². The van der Waals surface area contributed by atoms with E-state index in [1.165, 1.54) is 6.33 Å². The van der Waals surface area contributed by atoms with Gasteiger partial charge in [-0.1, -0.05) is 34.1 Å². The molecule has 0 spiro atoms. The third-order valence-electron chi connectivity index (χ3n) is 3.26. The minimum absolute atomic E-state index is 0.0410. The smallest absolute Gasteiger partial charge is 0.224 e. The predicted molar refractivity (Wildman–Crippen MR) is 88.8 cm³/mol. The van der Waals surface area contributed by atoms with Gasteiger partial charge in [-0.2, -0.15) is 5.10 Å². The topological polar surface area (TPSA) is 72.7 Å². The summed E-state index contributed by atoms with van der Waals surface area (Å²) in [6, 6.07) is 11.4. The summed E-state index contributed by atoms with van der Waals surface area (Å²) in [5.74, 6) is 0.620. The molecule has 0 atom stereocenters. The summed E-state index contributed by atoms with van der Waals surface area (Å²) < 4.78 is 2.57. The van der Waals surface area contributed by atoms with Gasteiger partial charge in [0.25, 0.3) is 0 Å². The second-order valence-corrected chi connectivity index (χ2v) is 5.82. The largest absolute Gasteiger partial charge is 0.352 e. The van der Waals surface area contributed by atoms with Crippen molar-refractivity contribution >= 4 is 21.8 Å². The lowest BCUT2D eigenvalue weighted by Crippen LogP contribution is -2.25. The average Bonchev–Trinajstić information content (AvgIpc) is 3.10. The number of hydrogen-bond donors (Lipinski definition) is 1. The summed E-state index contributed by atoms with van der Waals surface area (Å²) >= 11 is 3.38. The van der Waals surface area contributed by atoms with Gasteiger partial charge in [0, 0.05) is 22.8 Å². The molecule has 1 amide bonds. The van der Waals surface area contributed by atoms with E-state index in [9.17, 15) is 4.79 Å². The number of nitrogens with zero attached hydrogens (tertiary/aromatic N) is 4. The predicted octanol–water partition coefficient (Wildman–Crippen LogP) is 2.28. The van der Waals surface area contributed by atoms with Crippen LogP contribution in [0.15, 0.2) is 59.7 Å². The van der Waals surface area contributed by atoms with Gasteiger partial charge in [0.1, 0.15) is 12.7 Å². The summed E-state index contributed by atoms with van der Waals surface area (Å²) in [5.41, 5.74) is 1.84. The second kappa shape index (κ2) is 7.15. The van der Waals surface area contributed by atoms with Gasteiger partial charge in [0.05, 0.1) is 6.42 Å². The maximum absolute atomic E-state index is 12.1. The minimum atomic E-state index is -0.0410. The highest BCUT2D eigenvalue weighted by molar-refractivity contribution is 9.10. The number of nitrogens with one attached hydrogen (secondary N) is 1. The van der Waals surface area contributed by atoms with Crippen molar-refractivity contribution in [3.8, 4) is 5.82 Å². The summed E-state index contributed by atoms with van der Waals surface area (Å²) in [4.78, 5) is 20.3. The molecule has 2 aromatic heterocycles. The number of amides is 1. The first-order chi connectivity index (χ1) is 11.2. The normalized spacial score (nSPS) is 10.5. The van der Waals surface area contributed by atoms with E-state index in [1.54, 1.807) is 17.2 Å². The van der Waals surface area contributed by atoms with Crippen LogP contribution in [0.3, 0.4) is 0 Å². The molecular weight excluding hydrogens is 358 g/mol. The molecule has 7 heteroatoms. The third kappa shape index (κ3) is 4.01. The molecule has 0 radical (unpaired) electrons. The van der Waals surface area contributed by atoms with E-state index >= 15 is 0 Å². The van der Waals surface area contributed by atoms with Crippen LogP contribution in [0, 0.1) is 0 Å². The average molecular weight is 372 g/mol. The Morgan fingerprint density at radius 3 is 2.78 bits per heavy atom. The van der Waals surface area contributed by atoms with Crippen molar-refractivity contribution in [1.82, 2.24) is 25.1 Å². The van der Waals surface area contributed by atoms with Crippen LogP contribution in [-0.4, -0.2) is 25.7 Å². The molecule has 0 aliphatic rings. The van der Waals surface area contributed by atoms with Gasteiger partial charge in [-0.25, -0.2) is 14.6 Å². The number of rotatable bonds is 5. The molecule has 0 aliphatic carbocycles. The lowest BCUT2D eigenvalue weighted by atomic mass is 10.1. The number of aromatic nitrogens is 4. The SMILES string of the molecule is O=C(Cc1ccc(Br)cc1)NCc1cccnc1-n1cncn1. The van der Waals surface area contributed by atoms with Crippen molar-refractivity contribution in [2.24, 2.45) is 0 Å². The lowest BCUT2D eigenvalue weighted by molar-refractivity contribution is -0.120. The van der Waals surface area contributed by atoms with Gasteiger partial charge in [0.15, 0.2) is 5.82 Å². The maximum atomic E-state index is 12.1. The standard InChI is InChI=1S/C16H14BrN5O/c17-14-5-3-12(4-6-14)8-15(23)20-9-13-2-1-7-19-16(13)22-11-18-10-21-22/h1-7,10-11H,8-9H2,(H,20,23). The molecule has 1 N–H and O–H groups in total. The van der Waals surface area contributed by atoms with Gasteiger partial charge < -0.3 is 5.32 Å². The molecule has 0 bridgehead atoms. The van der Waals surface area contributed by atoms with Crippen molar-refractivity contribution in [2.45, 2.75) is 13.0 Å². The van der Waals surface area contributed by atoms with Crippen molar-refractivity contribution < 1.29 is 4.79 Å². The molecule has 3 rings (SSSR count). The molecule has 0 fully saturated rings. The fourth-order valence-electron chi connectivity index (χ4n) is 2.14. The van der Waals surface area contributed by atoms with Crippen molar-refractivity contribution in [1.29, 1.82) is 0 Å². The summed E-state index contributed by atoms with van der Waals surface area (Å²) in [6.07, 6.45) is 5.05. The van der Waals surface area contributed by atoms with Gasteiger partial charge in [-0.05, 0) is 23.8 Å². The van der Waals surface area contributed by atoms with E-state index in [2.05, 4.69) is 36.3 Å². The Balaban J connectivity index is 1.64. The van der Waals surface area contributed by atoms with E-state index in [4.69, 9.17) is 0 Å². The molecular formula is C16H14BrN5O. The van der Waals surface area contributed by atoms with E-state index in [1.807, 2.05) is 36.4 Å². The van der Waals surface area contributed by atoms with Crippen LogP contribution >= 0.6 is 15.9 Å². The number of carbonyl (C=O) groups is 1. The summed E-state index contributed by atoms with van der Waals surface area (Å²) in [5, 5.41) is 6.99. The lowest BCUT2D eigenvalue weighted by Gasteiger charge is -2.09. The molecule has 116 valence electrons. The number of carbonyl (C=O) groups excluding carboxylic acids is 1. The minimum Gasteiger partial charge on any atom is -0.352 e. The third-order valence-corrected chi connectivity index (χ3v) is 3.79. The first-order valence-electron chi connectivity index (χ1n) is 7.02. The quantitative estimate of drug-likeness (QED) is 0.746. The van der Waals surface area contributed by atoms with E-state index in [-0.39, 0.29) is 5.91 Å². The molecule has 23 heavy (non-hydrogen) atoms. The molecule has 0 saturated heterocycles. The Morgan fingerprint density at radius 1 is 1.22 bits per heavy atom. The molecule has 2 heterocycles. The Labute approximate surface area is 141 Å². The van der Waals surface area contributed by atoms with Crippen LogP contribution < -0.4 is 5.32 Å². The summed E-state index contributed by atoms with van der Waals surface area (Å²) in [7, 11) is 0. The Morgan fingerprint density at radius 2 is 2.04 bits per heavy atom. The highest BCUT2D eigenvalue weighted by Crippen LogP contribution is 2.12. The zero-order chi connectivity index (χ0) is 16.1. The molecule has 6 nitrogen and oxygen atoms in total. The van der Waals surface area contributed by atoms with Gasteiger partial charge in [-0.15, -0.1) is 0 Å². The number of hydrogen-bond acceptors (Lipinski definition) is 4. The van der Waals surface area contributed by atoms with Gasteiger partial charge in [-0.3, -0.25) is 4.79 Å². The Hall–Kier alpha value is -2.54.